The van der Waals surface area contributed by atoms with Crippen LogP contribution < -0.4 is 10.6 Å². The minimum absolute atomic E-state index is 0.00876. The van der Waals surface area contributed by atoms with Crippen LogP contribution in [0.3, 0.4) is 0 Å². The maximum atomic E-state index is 12.8. The summed E-state index contributed by atoms with van der Waals surface area (Å²) in [5.41, 5.74) is -1.56. The van der Waals surface area contributed by atoms with Crippen LogP contribution in [0.5, 0.6) is 0 Å². The van der Waals surface area contributed by atoms with Crippen molar-refractivity contribution in [3.8, 4) is 0 Å². The Labute approximate surface area is 131 Å². The van der Waals surface area contributed by atoms with Crippen molar-refractivity contribution in [2.75, 3.05) is 5.32 Å². The molecule has 0 aliphatic carbocycles. The number of hydrogen-bond donors (Lipinski definition) is 3. The van der Waals surface area contributed by atoms with Crippen molar-refractivity contribution in [2.24, 2.45) is 0 Å². The first-order valence-electron chi connectivity index (χ1n) is 6.89. The van der Waals surface area contributed by atoms with E-state index in [0.717, 1.165) is 6.07 Å². The van der Waals surface area contributed by atoms with Crippen LogP contribution in [0.15, 0.2) is 18.2 Å². The van der Waals surface area contributed by atoms with Gasteiger partial charge in [-0.1, -0.05) is 6.07 Å². The van der Waals surface area contributed by atoms with E-state index in [1.165, 1.54) is 19.1 Å². The van der Waals surface area contributed by atoms with E-state index in [1.807, 2.05) is 0 Å². The normalized spacial score (nSPS) is 11.9. The molecule has 0 aliphatic heterocycles. The van der Waals surface area contributed by atoms with Crippen LogP contribution in [-0.2, 0) is 11.0 Å². The van der Waals surface area contributed by atoms with Gasteiger partial charge in [0.25, 0.3) is 0 Å². The van der Waals surface area contributed by atoms with Crippen molar-refractivity contribution < 1.29 is 27.9 Å². The average Bonchev–Trinajstić information content (AvgIpc) is 2.37. The first kappa shape index (κ1) is 18.8. The highest BCUT2D eigenvalue weighted by Gasteiger charge is 2.32. The van der Waals surface area contributed by atoms with Gasteiger partial charge < -0.3 is 15.7 Å². The number of amides is 2. The molecule has 0 unspecified atom stereocenters. The summed E-state index contributed by atoms with van der Waals surface area (Å²) in [7, 11) is 0. The van der Waals surface area contributed by atoms with Gasteiger partial charge in [0.15, 0.2) is 0 Å². The second kappa shape index (κ2) is 6.89. The highest BCUT2D eigenvalue weighted by atomic mass is 19.4. The topological polar surface area (TPSA) is 78.4 Å². The third-order valence-corrected chi connectivity index (χ3v) is 3.22. The minimum atomic E-state index is -4.50. The van der Waals surface area contributed by atoms with Crippen molar-refractivity contribution in [1.82, 2.24) is 5.32 Å². The lowest BCUT2D eigenvalue weighted by Gasteiger charge is -2.25. The maximum absolute atomic E-state index is 12.8. The second-order valence-corrected chi connectivity index (χ2v) is 5.88. The van der Waals surface area contributed by atoms with Gasteiger partial charge in [0.1, 0.15) is 0 Å². The zero-order chi connectivity index (χ0) is 17.8. The first-order chi connectivity index (χ1) is 10.4. The lowest BCUT2D eigenvalue weighted by atomic mass is 9.99. The number of carboxylic acids is 1. The molecule has 3 N–H and O–H groups in total. The number of anilines is 1. The molecule has 0 atom stereocenters. The summed E-state index contributed by atoms with van der Waals surface area (Å²) in [5.74, 6) is -0.992. The zero-order valence-corrected chi connectivity index (χ0v) is 13.0. The summed E-state index contributed by atoms with van der Waals surface area (Å²) in [5, 5.41) is 13.5. The molecule has 5 nitrogen and oxygen atoms in total. The van der Waals surface area contributed by atoms with Gasteiger partial charge in [-0.2, -0.15) is 13.2 Å². The van der Waals surface area contributed by atoms with Gasteiger partial charge in [-0.25, -0.2) is 4.79 Å². The number of carboxylic acid groups (broad SMARTS) is 1. The number of hydrogen-bond acceptors (Lipinski definition) is 2. The van der Waals surface area contributed by atoms with E-state index in [2.05, 4.69) is 10.6 Å². The fraction of sp³-hybridized carbons (Fsp3) is 0.467. The number of aryl methyl sites for hydroxylation is 1. The largest absolute Gasteiger partial charge is 0.481 e. The average molecular weight is 332 g/mol. The molecule has 0 aliphatic rings. The van der Waals surface area contributed by atoms with E-state index in [9.17, 15) is 22.8 Å². The molecule has 0 spiro atoms. The molecule has 0 aromatic heterocycles. The minimum Gasteiger partial charge on any atom is -0.481 e. The zero-order valence-electron chi connectivity index (χ0n) is 13.0. The van der Waals surface area contributed by atoms with E-state index in [0.29, 0.717) is 0 Å². The Morgan fingerprint density at radius 3 is 2.35 bits per heavy atom. The Balaban J connectivity index is 2.76. The summed E-state index contributed by atoms with van der Waals surface area (Å²) in [6.45, 7) is 4.60. The number of halogens is 3. The molecule has 0 fully saturated rings. The Bertz CT molecular complexity index is 598. The lowest BCUT2D eigenvalue weighted by molar-refractivity contribution is -0.138. The van der Waals surface area contributed by atoms with E-state index in [4.69, 9.17) is 5.11 Å². The number of nitrogens with one attached hydrogen (secondary N) is 2. The van der Waals surface area contributed by atoms with Crippen LogP contribution in [0.25, 0.3) is 0 Å². The van der Waals surface area contributed by atoms with Crippen LogP contribution in [0.2, 0.25) is 0 Å². The third-order valence-electron chi connectivity index (χ3n) is 3.22. The molecule has 1 aromatic carbocycles. The number of carbonyl (C=O) groups excluding carboxylic acids is 1. The summed E-state index contributed by atoms with van der Waals surface area (Å²) >= 11 is 0. The van der Waals surface area contributed by atoms with E-state index < -0.39 is 29.3 Å². The third kappa shape index (κ3) is 6.17. The van der Waals surface area contributed by atoms with Crippen molar-refractivity contribution in [3.05, 3.63) is 29.3 Å². The number of alkyl halides is 3. The van der Waals surface area contributed by atoms with E-state index >= 15 is 0 Å². The Morgan fingerprint density at radius 2 is 1.83 bits per heavy atom. The predicted octanol–water partition coefficient (Wildman–Crippen LogP) is 3.78. The van der Waals surface area contributed by atoms with Gasteiger partial charge in [0.2, 0.25) is 0 Å². The molecule has 23 heavy (non-hydrogen) atoms. The summed E-state index contributed by atoms with van der Waals surface area (Å²) in [4.78, 5) is 22.4. The number of rotatable bonds is 5. The lowest BCUT2D eigenvalue weighted by Crippen LogP contribution is -2.45. The molecule has 8 heteroatoms. The van der Waals surface area contributed by atoms with Gasteiger partial charge in [-0.15, -0.1) is 0 Å². The number of aliphatic carboxylic acids is 1. The molecular formula is C15H19F3N2O3. The second-order valence-electron chi connectivity index (χ2n) is 5.88. The van der Waals surface area contributed by atoms with Gasteiger partial charge in [-0.3, -0.25) is 4.79 Å². The molecule has 0 bridgehead atoms. The molecule has 0 saturated carbocycles. The molecule has 0 radical (unpaired) electrons. The molecule has 0 saturated heterocycles. The first-order valence-corrected chi connectivity index (χ1v) is 6.89. The van der Waals surface area contributed by atoms with Gasteiger partial charge >= 0.3 is 18.2 Å². The van der Waals surface area contributed by atoms with Crippen molar-refractivity contribution in [1.29, 1.82) is 0 Å². The summed E-state index contributed by atoms with van der Waals surface area (Å²) in [6, 6.07) is 2.80. The Hall–Kier alpha value is -2.25. The Kier molecular flexibility index (Phi) is 5.63. The van der Waals surface area contributed by atoms with Crippen LogP contribution in [-0.4, -0.2) is 22.6 Å². The van der Waals surface area contributed by atoms with Crippen molar-refractivity contribution in [2.45, 2.75) is 45.3 Å². The number of carbonyl (C=O) groups is 2. The molecule has 1 rings (SSSR count). The molecule has 128 valence electrons. The monoisotopic (exact) mass is 332 g/mol. The van der Waals surface area contributed by atoms with Crippen molar-refractivity contribution in [3.63, 3.8) is 0 Å². The van der Waals surface area contributed by atoms with Crippen LogP contribution in [0.1, 0.15) is 37.8 Å². The molecule has 0 heterocycles. The van der Waals surface area contributed by atoms with E-state index in [-0.39, 0.29) is 24.1 Å². The van der Waals surface area contributed by atoms with Crippen molar-refractivity contribution >= 4 is 17.7 Å². The highest BCUT2D eigenvalue weighted by Crippen LogP contribution is 2.33. The fourth-order valence-electron chi connectivity index (χ4n) is 1.96. The fourth-order valence-corrected chi connectivity index (χ4v) is 1.96. The SMILES string of the molecule is Cc1ccc(NC(=O)NC(C)(C)CCC(=O)O)cc1C(F)(F)F. The maximum Gasteiger partial charge on any atom is 0.416 e. The number of benzene rings is 1. The summed E-state index contributed by atoms with van der Waals surface area (Å²) < 4.78 is 38.5. The van der Waals surface area contributed by atoms with Crippen LogP contribution in [0, 0.1) is 6.92 Å². The van der Waals surface area contributed by atoms with Gasteiger partial charge in [0.05, 0.1) is 5.56 Å². The van der Waals surface area contributed by atoms with E-state index in [1.54, 1.807) is 13.8 Å². The molecule has 1 aromatic rings. The molecule has 2 amide bonds. The van der Waals surface area contributed by atoms with Gasteiger partial charge in [0, 0.05) is 17.6 Å². The summed E-state index contributed by atoms with van der Waals surface area (Å²) in [6.07, 6.45) is -4.44. The standard InChI is InChI=1S/C15H19F3N2O3/c1-9-4-5-10(8-11(9)15(16,17)18)19-13(23)20-14(2,3)7-6-12(21)22/h4-5,8H,6-7H2,1-3H3,(H,21,22)(H2,19,20,23). The van der Waals surface area contributed by atoms with Crippen LogP contribution in [0.4, 0.5) is 23.7 Å². The predicted molar refractivity (Wildman–Crippen MR) is 79.3 cm³/mol. The Morgan fingerprint density at radius 1 is 1.22 bits per heavy atom. The van der Waals surface area contributed by atoms with Crippen LogP contribution >= 0.6 is 0 Å². The smallest absolute Gasteiger partial charge is 0.416 e. The quantitative estimate of drug-likeness (QED) is 0.768. The highest BCUT2D eigenvalue weighted by molar-refractivity contribution is 5.89. The van der Waals surface area contributed by atoms with Gasteiger partial charge in [-0.05, 0) is 44.9 Å². The molecular weight excluding hydrogens is 313 g/mol. The number of urea groups is 1.